The SMILES string of the molecule is O=C(/C=C/c1cc2c(cc1[N+](=O)[O-])OCO2)Nc1cc(C(F)(F)F)ccc1N1CCOCC1. The first-order valence-corrected chi connectivity index (χ1v) is 9.83. The van der Waals surface area contributed by atoms with Crippen molar-refractivity contribution in [2.75, 3.05) is 43.3 Å². The molecule has 1 saturated heterocycles. The third-order valence-corrected chi connectivity index (χ3v) is 5.07. The first-order chi connectivity index (χ1) is 15.7. The van der Waals surface area contributed by atoms with E-state index in [1.807, 2.05) is 4.90 Å². The van der Waals surface area contributed by atoms with Crippen molar-refractivity contribution in [2.24, 2.45) is 0 Å². The molecule has 2 aromatic carbocycles. The molecule has 33 heavy (non-hydrogen) atoms. The Morgan fingerprint density at radius 1 is 1.12 bits per heavy atom. The summed E-state index contributed by atoms with van der Waals surface area (Å²) in [6.07, 6.45) is -2.39. The number of hydrogen-bond acceptors (Lipinski definition) is 7. The topological polar surface area (TPSA) is 103 Å². The van der Waals surface area contributed by atoms with E-state index in [2.05, 4.69) is 5.32 Å². The molecule has 0 bridgehead atoms. The summed E-state index contributed by atoms with van der Waals surface area (Å²) in [6, 6.07) is 5.65. The van der Waals surface area contributed by atoms with Crippen molar-refractivity contribution in [3.05, 3.63) is 57.6 Å². The van der Waals surface area contributed by atoms with Crippen LogP contribution in [0.5, 0.6) is 11.5 Å². The molecular formula is C21H18F3N3O6. The molecule has 1 N–H and O–H groups in total. The van der Waals surface area contributed by atoms with Gasteiger partial charge in [-0.1, -0.05) is 0 Å². The quantitative estimate of drug-likeness (QED) is 0.407. The van der Waals surface area contributed by atoms with E-state index in [4.69, 9.17) is 14.2 Å². The van der Waals surface area contributed by atoms with E-state index in [-0.39, 0.29) is 35.2 Å². The van der Waals surface area contributed by atoms with E-state index in [9.17, 15) is 28.1 Å². The molecule has 174 valence electrons. The summed E-state index contributed by atoms with van der Waals surface area (Å²) in [5.41, 5.74) is -0.748. The van der Waals surface area contributed by atoms with Gasteiger partial charge in [0.25, 0.3) is 5.69 Å². The number of benzene rings is 2. The third kappa shape index (κ3) is 5.00. The molecule has 2 aliphatic heterocycles. The van der Waals surface area contributed by atoms with Crippen molar-refractivity contribution in [3.8, 4) is 11.5 Å². The van der Waals surface area contributed by atoms with Crippen LogP contribution in [0, 0.1) is 10.1 Å². The van der Waals surface area contributed by atoms with Gasteiger partial charge in [-0.25, -0.2) is 0 Å². The number of ether oxygens (including phenoxy) is 3. The van der Waals surface area contributed by atoms with Crippen molar-refractivity contribution < 1.29 is 37.1 Å². The van der Waals surface area contributed by atoms with Gasteiger partial charge < -0.3 is 24.4 Å². The largest absolute Gasteiger partial charge is 0.454 e. The number of nitrogens with one attached hydrogen (secondary N) is 1. The lowest BCUT2D eigenvalue weighted by Gasteiger charge is -2.30. The highest BCUT2D eigenvalue weighted by atomic mass is 19.4. The number of nitro groups is 1. The normalized spacial score (nSPS) is 15.7. The highest BCUT2D eigenvalue weighted by Crippen LogP contribution is 2.39. The van der Waals surface area contributed by atoms with Gasteiger partial charge in [0.05, 0.1) is 46.7 Å². The number of carbonyl (C=O) groups excluding carboxylic acids is 1. The van der Waals surface area contributed by atoms with Gasteiger partial charge in [0.1, 0.15) is 0 Å². The van der Waals surface area contributed by atoms with Crippen LogP contribution in [0.1, 0.15) is 11.1 Å². The minimum Gasteiger partial charge on any atom is -0.454 e. The maximum Gasteiger partial charge on any atom is 0.416 e. The fraction of sp³-hybridized carbons (Fsp3) is 0.286. The number of nitrogens with zero attached hydrogens (tertiary/aromatic N) is 2. The van der Waals surface area contributed by atoms with E-state index in [1.165, 1.54) is 24.3 Å². The molecular weight excluding hydrogens is 447 g/mol. The molecule has 2 heterocycles. The zero-order valence-corrected chi connectivity index (χ0v) is 17.1. The molecule has 0 radical (unpaired) electrons. The molecule has 1 amide bonds. The van der Waals surface area contributed by atoms with Crippen molar-refractivity contribution in [1.29, 1.82) is 0 Å². The fourth-order valence-corrected chi connectivity index (χ4v) is 3.47. The van der Waals surface area contributed by atoms with Crippen LogP contribution in [0.25, 0.3) is 6.08 Å². The second-order valence-electron chi connectivity index (χ2n) is 7.17. The number of anilines is 2. The van der Waals surface area contributed by atoms with Gasteiger partial charge in [-0.3, -0.25) is 14.9 Å². The molecule has 0 spiro atoms. The highest BCUT2D eigenvalue weighted by Gasteiger charge is 2.32. The molecule has 0 aliphatic carbocycles. The van der Waals surface area contributed by atoms with Crippen LogP contribution in [0.2, 0.25) is 0 Å². The number of morpholine rings is 1. The summed E-state index contributed by atoms with van der Waals surface area (Å²) >= 11 is 0. The Morgan fingerprint density at radius 3 is 2.48 bits per heavy atom. The highest BCUT2D eigenvalue weighted by molar-refractivity contribution is 6.04. The summed E-state index contributed by atoms with van der Waals surface area (Å²) < 4.78 is 55.3. The number of amides is 1. The minimum absolute atomic E-state index is 0.0263. The zero-order chi connectivity index (χ0) is 23.6. The van der Waals surface area contributed by atoms with E-state index >= 15 is 0 Å². The summed E-state index contributed by atoms with van der Waals surface area (Å²) in [6.45, 7) is 1.63. The number of halogens is 3. The predicted octanol–water partition coefficient (Wildman–Crippen LogP) is 3.83. The van der Waals surface area contributed by atoms with Crippen LogP contribution >= 0.6 is 0 Å². The molecule has 0 unspecified atom stereocenters. The minimum atomic E-state index is -4.59. The Hall–Kier alpha value is -3.80. The average molecular weight is 465 g/mol. The summed E-state index contributed by atoms with van der Waals surface area (Å²) in [5, 5.41) is 13.8. The van der Waals surface area contributed by atoms with Gasteiger partial charge in [0.15, 0.2) is 11.5 Å². The predicted molar refractivity (Wildman–Crippen MR) is 111 cm³/mol. The van der Waals surface area contributed by atoms with E-state index < -0.39 is 22.6 Å². The molecule has 0 aromatic heterocycles. The van der Waals surface area contributed by atoms with Crippen LogP contribution in [-0.4, -0.2) is 43.9 Å². The smallest absolute Gasteiger partial charge is 0.416 e. The molecule has 0 atom stereocenters. The number of carbonyl (C=O) groups is 1. The fourth-order valence-electron chi connectivity index (χ4n) is 3.47. The van der Waals surface area contributed by atoms with Gasteiger partial charge in [0.2, 0.25) is 12.7 Å². The first kappa shape index (κ1) is 22.4. The Morgan fingerprint density at radius 2 is 1.82 bits per heavy atom. The lowest BCUT2D eigenvalue weighted by molar-refractivity contribution is -0.385. The molecule has 1 fully saturated rings. The molecule has 9 nitrogen and oxygen atoms in total. The number of rotatable bonds is 5. The number of fused-ring (bicyclic) bond motifs is 1. The van der Waals surface area contributed by atoms with E-state index in [0.29, 0.717) is 32.0 Å². The van der Waals surface area contributed by atoms with Crippen LogP contribution in [0.3, 0.4) is 0 Å². The Balaban J connectivity index is 1.60. The van der Waals surface area contributed by atoms with Crippen molar-refractivity contribution in [3.63, 3.8) is 0 Å². The Labute approximate surface area is 185 Å². The maximum atomic E-state index is 13.2. The van der Waals surface area contributed by atoms with Gasteiger partial charge in [0, 0.05) is 19.2 Å². The lowest BCUT2D eigenvalue weighted by Crippen LogP contribution is -2.36. The van der Waals surface area contributed by atoms with Crippen LogP contribution in [0.15, 0.2) is 36.4 Å². The second kappa shape index (κ2) is 8.98. The van der Waals surface area contributed by atoms with E-state index in [0.717, 1.165) is 18.2 Å². The van der Waals surface area contributed by atoms with Gasteiger partial charge in [-0.2, -0.15) is 13.2 Å². The van der Waals surface area contributed by atoms with Gasteiger partial charge in [-0.15, -0.1) is 0 Å². The Bertz CT molecular complexity index is 1110. The molecule has 2 aliphatic rings. The van der Waals surface area contributed by atoms with Crippen LogP contribution < -0.4 is 19.7 Å². The van der Waals surface area contributed by atoms with Crippen molar-refractivity contribution in [1.82, 2.24) is 0 Å². The zero-order valence-electron chi connectivity index (χ0n) is 17.1. The van der Waals surface area contributed by atoms with Crippen molar-refractivity contribution >= 4 is 29.0 Å². The summed E-state index contributed by atoms with van der Waals surface area (Å²) in [7, 11) is 0. The third-order valence-electron chi connectivity index (χ3n) is 5.07. The number of alkyl halides is 3. The summed E-state index contributed by atoms with van der Waals surface area (Å²) in [5.74, 6) is -0.258. The van der Waals surface area contributed by atoms with Crippen LogP contribution in [0.4, 0.5) is 30.2 Å². The monoisotopic (exact) mass is 465 g/mol. The van der Waals surface area contributed by atoms with Crippen molar-refractivity contribution in [2.45, 2.75) is 6.18 Å². The Kier molecular flexibility index (Phi) is 6.09. The van der Waals surface area contributed by atoms with E-state index in [1.54, 1.807) is 0 Å². The molecule has 0 saturated carbocycles. The molecule has 4 rings (SSSR count). The standard InChI is InChI=1S/C21H18F3N3O6/c22-21(23,24)14-2-3-16(26-5-7-31-8-6-26)15(10-14)25-20(28)4-1-13-9-18-19(33-12-32-18)11-17(13)27(29)30/h1-4,9-11H,5-8,12H2,(H,25,28)/b4-1+. The van der Waals surface area contributed by atoms with Gasteiger partial charge in [-0.05, 0) is 30.3 Å². The first-order valence-electron chi connectivity index (χ1n) is 9.83. The van der Waals surface area contributed by atoms with Crippen LogP contribution in [-0.2, 0) is 15.7 Å². The maximum absolute atomic E-state index is 13.2. The second-order valence-corrected chi connectivity index (χ2v) is 7.17. The number of hydrogen-bond donors (Lipinski definition) is 1. The molecule has 2 aromatic rings. The summed E-state index contributed by atoms with van der Waals surface area (Å²) in [4.78, 5) is 25.1. The lowest BCUT2D eigenvalue weighted by atomic mass is 10.1. The number of nitro benzene ring substituents is 1. The molecule has 12 heteroatoms. The van der Waals surface area contributed by atoms with Gasteiger partial charge >= 0.3 is 6.18 Å². The average Bonchev–Trinajstić information content (AvgIpc) is 3.24.